The third-order valence-electron chi connectivity index (χ3n) is 3.39. The fraction of sp³-hybridized carbons (Fsp3) is 0.571. The van der Waals surface area contributed by atoms with Crippen molar-refractivity contribution >= 4 is 15.9 Å². The molecule has 0 amide bonds. The molecule has 1 aromatic rings. The molecule has 0 aliphatic rings. The molecule has 1 aromatic carbocycles. The first kappa shape index (κ1) is 13.7. The Morgan fingerprint density at radius 1 is 1.19 bits per heavy atom. The van der Waals surface area contributed by atoms with Crippen molar-refractivity contribution in [3.63, 3.8) is 0 Å². The molecule has 0 spiro atoms. The molecule has 0 aliphatic heterocycles. The molecule has 0 radical (unpaired) electrons. The van der Waals surface area contributed by atoms with Crippen LogP contribution in [-0.2, 0) is 6.42 Å². The van der Waals surface area contributed by atoms with Gasteiger partial charge in [-0.1, -0.05) is 60.8 Å². The number of hydrogen-bond donors (Lipinski definition) is 1. The summed E-state index contributed by atoms with van der Waals surface area (Å²) in [6, 6.07) is 9.08. The molecule has 16 heavy (non-hydrogen) atoms. The number of likely N-dealkylation sites (N-methyl/N-ethyl adjacent to an activating group) is 1. The lowest BCUT2D eigenvalue weighted by molar-refractivity contribution is 0.349. The van der Waals surface area contributed by atoms with Crippen molar-refractivity contribution < 1.29 is 0 Å². The topological polar surface area (TPSA) is 12.0 Å². The Morgan fingerprint density at radius 3 is 2.31 bits per heavy atom. The van der Waals surface area contributed by atoms with Gasteiger partial charge in [-0.15, -0.1) is 0 Å². The molecule has 0 aromatic heterocycles. The largest absolute Gasteiger partial charge is 0.316 e. The van der Waals surface area contributed by atoms with Crippen LogP contribution in [0.1, 0.15) is 32.3 Å². The molecule has 1 N–H and O–H groups in total. The van der Waals surface area contributed by atoms with Gasteiger partial charge in [0.15, 0.2) is 0 Å². The zero-order chi connectivity index (χ0) is 12.0. The fourth-order valence-corrected chi connectivity index (χ4v) is 2.71. The van der Waals surface area contributed by atoms with E-state index in [9.17, 15) is 0 Å². The first-order valence-electron chi connectivity index (χ1n) is 6.13. The van der Waals surface area contributed by atoms with Crippen LogP contribution in [0.4, 0.5) is 0 Å². The molecule has 2 heteroatoms. The summed E-state index contributed by atoms with van der Waals surface area (Å²) >= 11 is 3.62. The van der Waals surface area contributed by atoms with Crippen LogP contribution in [-0.4, -0.2) is 13.1 Å². The van der Waals surface area contributed by atoms with Crippen molar-refractivity contribution in [1.29, 1.82) is 0 Å². The molecule has 0 saturated heterocycles. The molecule has 1 nitrogen and oxygen atoms in total. The third-order valence-corrected chi connectivity index (χ3v) is 4.16. The lowest BCUT2D eigenvalue weighted by atomic mass is 9.89. The molecule has 90 valence electrons. The van der Waals surface area contributed by atoms with Gasteiger partial charge in [-0.2, -0.15) is 0 Å². The Balaban J connectivity index is 2.73. The highest BCUT2D eigenvalue weighted by atomic mass is 79.9. The number of rotatable bonds is 6. The molecule has 0 heterocycles. The van der Waals surface area contributed by atoms with Gasteiger partial charge in [0, 0.05) is 10.5 Å². The van der Waals surface area contributed by atoms with E-state index >= 15 is 0 Å². The van der Waals surface area contributed by atoms with Crippen LogP contribution in [0.3, 0.4) is 0 Å². The highest BCUT2D eigenvalue weighted by Gasteiger charge is 2.17. The van der Waals surface area contributed by atoms with E-state index in [1.807, 2.05) is 0 Å². The third kappa shape index (κ3) is 3.60. The SMILES string of the molecule is CCC(CC)C(Cc1ccccc1Br)NC. The second kappa shape index (κ2) is 7.08. The van der Waals surface area contributed by atoms with Crippen LogP contribution < -0.4 is 5.32 Å². The first-order chi connectivity index (χ1) is 7.72. The highest BCUT2D eigenvalue weighted by molar-refractivity contribution is 9.10. The molecule has 1 rings (SSSR count). The van der Waals surface area contributed by atoms with E-state index in [1.54, 1.807) is 0 Å². The Bertz CT molecular complexity index is 307. The van der Waals surface area contributed by atoms with Crippen molar-refractivity contribution in [1.82, 2.24) is 5.32 Å². The average Bonchev–Trinajstić information content (AvgIpc) is 2.31. The lowest BCUT2D eigenvalue weighted by Gasteiger charge is -2.25. The van der Waals surface area contributed by atoms with Gasteiger partial charge in [0.05, 0.1) is 0 Å². The van der Waals surface area contributed by atoms with E-state index in [0.29, 0.717) is 6.04 Å². The Kier molecular flexibility index (Phi) is 6.07. The van der Waals surface area contributed by atoms with Gasteiger partial charge in [-0.25, -0.2) is 0 Å². The minimum atomic E-state index is 0.577. The van der Waals surface area contributed by atoms with Gasteiger partial charge in [0.25, 0.3) is 0 Å². The molecule has 0 aliphatic carbocycles. The van der Waals surface area contributed by atoms with E-state index in [4.69, 9.17) is 0 Å². The second-order valence-corrected chi connectivity index (χ2v) is 5.12. The molecule has 0 bridgehead atoms. The average molecular weight is 284 g/mol. The van der Waals surface area contributed by atoms with Crippen molar-refractivity contribution in [2.24, 2.45) is 5.92 Å². The van der Waals surface area contributed by atoms with Crippen molar-refractivity contribution in [3.05, 3.63) is 34.3 Å². The Hall–Kier alpha value is -0.340. The van der Waals surface area contributed by atoms with E-state index < -0.39 is 0 Å². The summed E-state index contributed by atoms with van der Waals surface area (Å²) < 4.78 is 1.22. The maximum absolute atomic E-state index is 3.62. The van der Waals surface area contributed by atoms with Crippen molar-refractivity contribution in [3.8, 4) is 0 Å². The van der Waals surface area contributed by atoms with Crippen LogP contribution in [0.5, 0.6) is 0 Å². The van der Waals surface area contributed by atoms with Gasteiger partial charge in [0.2, 0.25) is 0 Å². The molecule has 0 fully saturated rings. The van der Waals surface area contributed by atoms with Crippen LogP contribution in [0.25, 0.3) is 0 Å². The van der Waals surface area contributed by atoms with Gasteiger partial charge in [-0.05, 0) is 31.0 Å². The molecular formula is C14H22BrN. The fourth-order valence-electron chi connectivity index (χ4n) is 2.26. The van der Waals surface area contributed by atoms with Crippen LogP contribution in [0, 0.1) is 5.92 Å². The number of hydrogen-bond acceptors (Lipinski definition) is 1. The number of benzene rings is 1. The summed E-state index contributed by atoms with van der Waals surface area (Å²) in [7, 11) is 2.07. The van der Waals surface area contributed by atoms with E-state index in [-0.39, 0.29) is 0 Å². The Morgan fingerprint density at radius 2 is 1.81 bits per heavy atom. The molecule has 1 atom stereocenters. The van der Waals surface area contributed by atoms with Crippen LogP contribution >= 0.6 is 15.9 Å². The molecule has 0 saturated carbocycles. The van der Waals surface area contributed by atoms with Crippen LogP contribution in [0.2, 0.25) is 0 Å². The second-order valence-electron chi connectivity index (χ2n) is 4.27. The number of nitrogens with one attached hydrogen (secondary N) is 1. The normalized spacial score (nSPS) is 13.1. The summed E-state index contributed by atoms with van der Waals surface area (Å²) in [4.78, 5) is 0. The zero-order valence-corrected chi connectivity index (χ0v) is 12.0. The monoisotopic (exact) mass is 283 g/mol. The predicted octanol–water partition coefficient (Wildman–Crippen LogP) is 4.02. The first-order valence-corrected chi connectivity index (χ1v) is 6.92. The van der Waals surface area contributed by atoms with Gasteiger partial charge in [0.1, 0.15) is 0 Å². The van der Waals surface area contributed by atoms with Crippen LogP contribution in [0.15, 0.2) is 28.7 Å². The number of halogens is 1. The Labute approximate surface area is 108 Å². The summed E-state index contributed by atoms with van der Waals surface area (Å²) in [6.07, 6.45) is 3.59. The van der Waals surface area contributed by atoms with Gasteiger partial charge in [-0.3, -0.25) is 0 Å². The van der Waals surface area contributed by atoms with E-state index in [2.05, 4.69) is 66.4 Å². The summed E-state index contributed by atoms with van der Waals surface area (Å²) in [5.74, 6) is 0.761. The summed E-state index contributed by atoms with van der Waals surface area (Å²) in [5, 5.41) is 3.46. The zero-order valence-electron chi connectivity index (χ0n) is 10.5. The van der Waals surface area contributed by atoms with E-state index in [1.165, 1.54) is 22.9 Å². The van der Waals surface area contributed by atoms with Gasteiger partial charge >= 0.3 is 0 Å². The van der Waals surface area contributed by atoms with Crippen molar-refractivity contribution in [2.45, 2.75) is 39.2 Å². The standard InChI is InChI=1S/C14H22BrN/c1-4-11(5-2)14(16-3)10-12-8-6-7-9-13(12)15/h6-9,11,14,16H,4-5,10H2,1-3H3. The highest BCUT2D eigenvalue weighted by Crippen LogP contribution is 2.22. The minimum absolute atomic E-state index is 0.577. The summed E-state index contributed by atoms with van der Waals surface area (Å²) in [5.41, 5.74) is 1.40. The van der Waals surface area contributed by atoms with Crippen molar-refractivity contribution in [2.75, 3.05) is 7.05 Å². The molecule has 1 unspecified atom stereocenters. The smallest absolute Gasteiger partial charge is 0.0207 e. The summed E-state index contributed by atoms with van der Waals surface area (Å²) in [6.45, 7) is 4.55. The maximum atomic E-state index is 3.62. The van der Waals surface area contributed by atoms with E-state index in [0.717, 1.165) is 12.3 Å². The predicted molar refractivity (Wildman–Crippen MR) is 74.8 cm³/mol. The quantitative estimate of drug-likeness (QED) is 0.832. The minimum Gasteiger partial charge on any atom is -0.316 e. The van der Waals surface area contributed by atoms with Gasteiger partial charge < -0.3 is 5.32 Å². The molecular weight excluding hydrogens is 262 g/mol. The maximum Gasteiger partial charge on any atom is 0.0207 e. The lowest BCUT2D eigenvalue weighted by Crippen LogP contribution is -2.35.